The van der Waals surface area contributed by atoms with E-state index in [0.29, 0.717) is 27.7 Å². The van der Waals surface area contributed by atoms with E-state index in [2.05, 4.69) is 21.8 Å². The zero-order chi connectivity index (χ0) is 22.2. The van der Waals surface area contributed by atoms with Crippen LogP contribution in [0, 0.1) is 11.3 Å². The van der Waals surface area contributed by atoms with Crippen molar-refractivity contribution in [2.24, 2.45) is 11.3 Å². The topological polar surface area (TPSA) is 88.5 Å². The predicted molar refractivity (Wildman–Crippen MR) is 124 cm³/mol. The van der Waals surface area contributed by atoms with Crippen LogP contribution in [0.3, 0.4) is 0 Å². The molecule has 1 saturated carbocycles. The van der Waals surface area contributed by atoms with Gasteiger partial charge in [0.25, 0.3) is 6.01 Å². The molecule has 3 atom stereocenters. The van der Waals surface area contributed by atoms with Crippen LogP contribution in [-0.2, 0) is 11.2 Å². The van der Waals surface area contributed by atoms with Crippen LogP contribution in [-0.4, -0.2) is 40.4 Å². The lowest BCUT2D eigenvalue weighted by Gasteiger charge is -2.36. The molecular formula is C23H23Cl2N5O2. The number of anilines is 2. The normalized spacial score (nSPS) is 26.7. The zero-order valence-electron chi connectivity index (χ0n) is 17.6. The van der Waals surface area contributed by atoms with Crippen molar-refractivity contribution in [1.29, 1.82) is 0 Å². The maximum atomic E-state index is 13.6. The van der Waals surface area contributed by atoms with E-state index in [1.165, 1.54) is 0 Å². The Kier molecular flexibility index (Phi) is 4.40. The number of hydrogen-bond donors (Lipinski definition) is 1. The Bertz CT molecular complexity index is 1260. The molecule has 0 unspecified atom stereocenters. The summed E-state index contributed by atoms with van der Waals surface area (Å²) in [4.78, 5) is 26.3. The smallest absolute Gasteiger partial charge is 0.293 e. The summed E-state index contributed by atoms with van der Waals surface area (Å²) < 4.78 is 5.62. The number of nitrogens with zero attached hydrogens (tertiary/aromatic N) is 4. The minimum absolute atomic E-state index is 0.00853. The number of oxazole rings is 1. The fourth-order valence-corrected chi connectivity index (χ4v) is 6.43. The first-order chi connectivity index (χ1) is 15.4. The molecule has 2 aromatic heterocycles. The fourth-order valence-electron chi connectivity index (χ4n) is 5.74. The first kappa shape index (κ1) is 20.1. The minimum atomic E-state index is -0.0544. The second kappa shape index (κ2) is 6.99. The lowest BCUT2D eigenvalue weighted by Crippen LogP contribution is -2.41. The largest absolute Gasteiger partial charge is 0.421 e. The van der Waals surface area contributed by atoms with Crippen molar-refractivity contribution >= 4 is 51.9 Å². The molecule has 0 bridgehead atoms. The molecule has 0 radical (unpaired) electrons. The van der Waals surface area contributed by atoms with Gasteiger partial charge in [0.05, 0.1) is 18.4 Å². The molecule has 7 nitrogen and oxygen atoms in total. The van der Waals surface area contributed by atoms with Crippen LogP contribution in [0.15, 0.2) is 28.9 Å². The van der Waals surface area contributed by atoms with Crippen molar-refractivity contribution in [3.63, 3.8) is 0 Å². The lowest BCUT2D eigenvalue weighted by molar-refractivity contribution is -0.136. The molecule has 1 amide bonds. The molecule has 6 rings (SSSR count). The Hall–Kier alpha value is -2.51. The molecule has 1 aromatic carbocycles. The maximum absolute atomic E-state index is 13.6. The Labute approximate surface area is 195 Å². The monoisotopic (exact) mass is 471 g/mol. The van der Waals surface area contributed by atoms with Gasteiger partial charge in [0.1, 0.15) is 11.2 Å². The molecule has 2 fully saturated rings. The van der Waals surface area contributed by atoms with E-state index in [4.69, 9.17) is 33.4 Å². The highest BCUT2D eigenvalue weighted by Crippen LogP contribution is 2.60. The molecule has 2 N–H and O–H groups in total. The summed E-state index contributed by atoms with van der Waals surface area (Å²) in [5.74, 6) is 0.269. The number of rotatable bonds is 2. The van der Waals surface area contributed by atoms with Gasteiger partial charge in [0.2, 0.25) is 5.91 Å². The van der Waals surface area contributed by atoms with Gasteiger partial charge in [-0.25, -0.2) is 0 Å². The highest BCUT2D eigenvalue weighted by Gasteiger charge is 2.62. The van der Waals surface area contributed by atoms with Gasteiger partial charge in [-0.15, -0.1) is 0 Å². The number of nitrogen functional groups attached to an aromatic ring is 1. The third-order valence-corrected chi connectivity index (χ3v) is 8.01. The average Bonchev–Trinajstić information content (AvgIpc) is 3.06. The van der Waals surface area contributed by atoms with Crippen molar-refractivity contribution in [2.75, 3.05) is 30.3 Å². The van der Waals surface area contributed by atoms with Crippen LogP contribution in [0.2, 0.25) is 10.0 Å². The second-order valence-corrected chi connectivity index (χ2v) is 10.1. The number of nitrogens with two attached hydrogens (primary N) is 1. The van der Waals surface area contributed by atoms with E-state index in [9.17, 15) is 4.79 Å². The maximum Gasteiger partial charge on any atom is 0.293 e. The van der Waals surface area contributed by atoms with Gasteiger partial charge in [0.15, 0.2) is 5.58 Å². The van der Waals surface area contributed by atoms with Crippen LogP contribution < -0.4 is 10.6 Å². The SMILES string of the molecule is C[C@H]1c2c(Cl)cc(Cl)cc2CCN1C(=O)[C@H]1C[C@@]12CCN(c1cncc3nc(N)oc13)C2. The summed E-state index contributed by atoms with van der Waals surface area (Å²) in [5.41, 5.74) is 10.1. The standard InChI is InChI=1S/C23H23Cl2N5O2/c1-12-19-13(6-14(24)7-16(19)25)2-4-30(12)21(31)15-8-23(15)3-5-29(11-23)18-10-27-9-17-20(18)32-22(26)28-17/h6-7,9-10,12,15H,2-5,8,11H2,1H3,(H2,26,28)/t12-,15+,23+/m0/s1. The molecule has 166 valence electrons. The van der Waals surface area contributed by atoms with Crippen molar-refractivity contribution < 1.29 is 9.21 Å². The van der Waals surface area contributed by atoms with Crippen LogP contribution in [0.4, 0.5) is 11.7 Å². The predicted octanol–water partition coefficient (Wildman–Crippen LogP) is 4.47. The highest BCUT2D eigenvalue weighted by molar-refractivity contribution is 6.35. The van der Waals surface area contributed by atoms with Gasteiger partial charge in [0, 0.05) is 41.0 Å². The quantitative estimate of drug-likeness (QED) is 0.592. The fraction of sp³-hybridized carbons (Fsp3) is 0.435. The van der Waals surface area contributed by atoms with Crippen molar-refractivity contribution in [1.82, 2.24) is 14.9 Å². The molecule has 4 heterocycles. The summed E-state index contributed by atoms with van der Waals surface area (Å²) >= 11 is 12.7. The molecule has 9 heteroatoms. The van der Waals surface area contributed by atoms with E-state index in [-0.39, 0.29) is 29.3 Å². The Balaban J connectivity index is 1.21. The summed E-state index contributed by atoms with van der Waals surface area (Å²) in [6.07, 6.45) is 6.11. The summed E-state index contributed by atoms with van der Waals surface area (Å²) in [6.45, 7) is 4.42. The van der Waals surface area contributed by atoms with Crippen LogP contribution in [0.1, 0.15) is 36.9 Å². The summed E-state index contributed by atoms with van der Waals surface area (Å²) in [7, 11) is 0. The number of aromatic nitrogens is 2. The van der Waals surface area contributed by atoms with E-state index in [1.807, 2.05) is 11.0 Å². The number of carbonyl (C=O) groups is 1. The molecule has 3 aliphatic rings. The van der Waals surface area contributed by atoms with E-state index in [0.717, 1.165) is 49.2 Å². The summed E-state index contributed by atoms with van der Waals surface area (Å²) in [5, 5.41) is 1.29. The van der Waals surface area contributed by atoms with Gasteiger partial charge >= 0.3 is 0 Å². The van der Waals surface area contributed by atoms with Gasteiger partial charge < -0.3 is 20.0 Å². The van der Waals surface area contributed by atoms with E-state index >= 15 is 0 Å². The van der Waals surface area contributed by atoms with Crippen LogP contribution in [0.25, 0.3) is 11.1 Å². The lowest BCUT2D eigenvalue weighted by atomic mass is 9.92. The Morgan fingerprint density at radius 1 is 1.28 bits per heavy atom. The number of halogens is 2. The first-order valence-corrected chi connectivity index (χ1v) is 11.7. The third kappa shape index (κ3) is 2.98. The Morgan fingerprint density at radius 3 is 2.97 bits per heavy atom. The van der Waals surface area contributed by atoms with Gasteiger partial charge in [-0.1, -0.05) is 23.2 Å². The molecule has 1 aliphatic carbocycles. The van der Waals surface area contributed by atoms with Gasteiger partial charge in [-0.05, 0) is 49.4 Å². The number of benzene rings is 1. The molecule has 1 saturated heterocycles. The molecule has 32 heavy (non-hydrogen) atoms. The van der Waals surface area contributed by atoms with Crippen LogP contribution >= 0.6 is 23.2 Å². The number of hydrogen-bond acceptors (Lipinski definition) is 6. The molecule has 1 spiro atoms. The highest BCUT2D eigenvalue weighted by atomic mass is 35.5. The van der Waals surface area contributed by atoms with Crippen molar-refractivity contribution in [3.8, 4) is 0 Å². The molecular weight excluding hydrogens is 449 g/mol. The van der Waals surface area contributed by atoms with Gasteiger partial charge in [-0.3, -0.25) is 9.78 Å². The van der Waals surface area contributed by atoms with Gasteiger partial charge in [-0.2, -0.15) is 4.98 Å². The van der Waals surface area contributed by atoms with Crippen molar-refractivity contribution in [2.45, 2.75) is 32.2 Å². The zero-order valence-corrected chi connectivity index (χ0v) is 19.2. The number of fused-ring (bicyclic) bond motifs is 2. The number of pyridine rings is 1. The third-order valence-electron chi connectivity index (χ3n) is 7.48. The molecule has 3 aromatic rings. The second-order valence-electron chi connectivity index (χ2n) is 9.27. The number of carbonyl (C=O) groups excluding carboxylic acids is 1. The molecule has 2 aliphatic heterocycles. The number of amides is 1. The minimum Gasteiger partial charge on any atom is -0.421 e. The van der Waals surface area contributed by atoms with Crippen molar-refractivity contribution in [3.05, 3.63) is 45.7 Å². The van der Waals surface area contributed by atoms with E-state index < -0.39 is 0 Å². The van der Waals surface area contributed by atoms with Crippen LogP contribution in [0.5, 0.6) is 0 Å². The first-order valence-electron chi connectivity index (χ1n) is 10.9. The summed E-state index contributed by atoms with van der Waals surface area (Å²) in [6, 6.07) is 3.83. The Morgan fingerprint density at radius 2 is 2.12 bits per heavy atom. The van der Waals surface area contributed by atoms with E-state index in [1.54, 1.807) is 18.5 Å². The average molecular weight is 472 g/mol.